The first-order chi connectivity index (χ1) is 15.0. The number of nitrogens with zero attached hydrogens (tertiary/aromatic N) is 4. The Labute approximate surface area is 189 Å². The molecule has 1 atom stereocenters. The third-order valence-electron chi connectivity index (χ3n) is 5.50. The number of thioether (sulfide) groups is 1. The molecule has 1 N–H and O–H groups in total. The van der Waals surface area contributed by atoms with Crippen LogP contribution in [0.5, 0.6) is 5.75 Å². The number of benzene rings is 1. The SMILES string of the molecule is COc1ccccc1-n1c(SCC(=O)NC(C)CCC(C)C)nnc1N1CCCCC1. The molecule has 1 fully saturated rings. The van der Waals surface area contributed by atoms with E-state index in [0.717, 1.165) is 56.2 Å². The Morgan fingerprint density at radius 3 is 2.58 bits per heavy atom. The van der Waals surface area contributed by atoms with Crippen molar-refractivity contribution in [2.24, 2.45) is 5.92 Å². The van der Waals surface area contributed by atoms with Gasteiger partial charge in [-0.25, -0.2) is 0 Å². The molecule has 170 valence electrons. The first kappa shape index (κ1) is 23.4. The minimum absolute atomic E-state index is 0.0235. The van der Waals surface area contributed by atoms with Crippen LogP contribution in [0.15, 0.2) is 29.4 Å². The molecule has 1 aromatic heterocycles. The summed E-state index contributed by atoms with van der Waals surface area (Å²) in [6.45, 7) is 8.40. The molecule has 0 spiro atoms. The number of nitrogens with one attached hydrogen (secondary N) is 1. The monoisotopic (exact) mass is 445 g/mol. The average molecular weight is 446 g/mol. The molecule has 7 nitrogen and oxygen atoms in total. The van der Waals surface area contributed by atoms with Gasteiger partial charge in [-0.15, -0.1) is 10.2 Å². The van der Waals surface area contributed by atoms with E-state index in [1.807, 2.05) is 28.8 Å². The number of anilines is 1. The van der Waals surface area contributed by atoms with Crippen LogP contribution < -0.4 is 15.0 Å². The lowest BCUT2D eigenvalue weighted by molar-refractivity contribution is -0.119. The van der Waals surface area contributed by atoms with Gasteiger partial charge in [0.2, 0.25) is 11.9 Å². The molecule has 1 saturated heterocycles. The van der Waals surface area contributed by atoms with Crippen molar-refractivity contribution in [3.8, 4) is 11.4 Å². The number of ether oxygens (including phenoxy) is 1. The lowest BCUT2D eigenvalue weighted by atomic mass is 10.0. The second-order valence-corrected chi connectivity index (χ2v) is 9.51. The van der Waals surface area contributed by atoms with Gasteiger partial charge >= 0.3 is 0 Å². The van der Waals surface area contributed by atoms with E-state index < -0.39 is 0 Å². The van der Waals surface area contributed by atoms with Crippen LogP contribution in [-0.4, -0.2) is 52.7 Å². The van der Waals surface area contributed by atoms with E-state index in [9.17, 15) is 4.79 Å². The Kier molecular flexibility index (Phi) is 8.63. The maximum Gasteiger partial charge on any atom is 0.232 e. The van der Waals surface area contributed by atoms with E-state index in [0.29, 0.717) is 16.8 Å². The fourth-order valence-electron chi connectivity index (χ4n) is 3.78. The summed E-state index contributed by atoms with van der Waals surface area (Å²) in [6.07, 6.45) is 5.65. The normalized spacial score (nSPS) is 15.2. The van der Waals surface area contributed by atoms with Gasteiger partial charge in [0.1, 0.15) is 5.75 Å². The standard InChI is InChI=1S/C23H35N5O2S/c1-17(2)12-13-18(3)24-21(29)16-31-23-26-25-22(27-14-8-5-9-15-27)28(23)19-10-6-7-11-20(19)30-4/h6-7,10-11,17-18H,5,8-9,12-16H2,1-4H3,(H,24,29). The van der Waals surface area contributed by atoms with Crippen molar-refractivity contribution in [3.63, 3.8) is 0 Å². The van der Waals surface area contributed by atoms with Crippen LogP contribution in [0, 0.1) is 5.92 Å². The van der Waals surface area contributed by atoms with Gasteiger partial charge in [-0.05, 0) is 57.1 Å². The van der Waals surface area contributed by atoms with E-state index in [2.05, 4.69) is 41.2 Å². The van der Waals surface area contributed by atoms with Crippen molar-refractivity contribution < 1.29 is 9.53 Å². The van der Waals surface area contributed by atoms with Gasteiger partial charge in [-0.2, -0.15) is 0 Å². The molecule has 2 heterocycles. The number of carbonyl (C=O) groups excluding carboxylic acids is 1. The first-order valence-electron chi connectivity index (χ1n) is 11.3. The number of carbonyl (C=O) groups is 1. The van der Waals surface area contributed by atoms with Crippen molar-refractivity contribution >= 4 is 23.6 Å². The lowest BCUT2D eigenvalue weighted by Gasteiger charge is -2.28. The molecule has 2 aromatic rings. The topological polar surface area (TPSA) is 72.3 Å². The quantitative estimate of drug-likeness (QED) is 0.550. The van der Waals surface area contributed by atoms with Crippen molar-refractivity contribution in [1.82, 2.24) is 20.1 Å². The number of hydrogen-bond acceptors (Lipinski definition) is 6. The fourth-order valence-corrected chi connectivity index (χ4v) is 4.53. The molecular formula is C23H35N5O2S. The number of amides is 1. The molecule has 0 aliphatic carbocycles. The summed E-state index contributed by atoms with van der Waals surface area (Å²) in [4.78, 5) is 14.8. The smallest absolute Gasteiger partial charge is 0.232 e. The summed E-state index contributed by atoms with van der Waals surface area (Å²) < 4.78 is 7.64. The van der Waals surface area contributed by atoms with Crippen LogP contribution in [0.1, 0.15) is 52.9 Å². The maximum absolute atomic E-state index is 12.5. The third-order valence-corrected chi connectivity index (χ3v) is 6.43. The zero-order valence-electron chi connectivity index (χ0n) is 19.1. The third kappa shape index (κ3) is 6.38. The Bertz CT molecular complexity index is 848. The predicted octanol–water partition coefficient (Wildman–Crippen LogP) is 4.30. The Balaban J connectivity index is 1.77. The van der Waals surface area contributed by atoms with Gasteiger partial charge < -0.3 is 15.0 Å². The highest BCUT2D eigenvalue weighted by molar-refractivity contribution is 7.99. The molecule has 31 heavy (non-hydrogen) atoms. The minimum Gasteiger partial charge on any atom is -0.495 e. The zero-order valence-corrected chi connectivity index (χ0v) is 20.0. The van der Waals surface area contributed by atoms with Gasteiger partial charge in [0.05, 0.1) is 18.6 Å². The van der Waals surface area contributed by atoms with E-state index in [4.69, 9.17) is 4.74 Å². The van der Waals surface area contributed by atoms with Crippen LogP contribution in [0.25, 0.3) is 5.69 Å². The van der Waals surface area contributed by atoms with Crippen molar-refractivity contribution in [2.45, 2.75) is 64.1 Å². The summed E-state index contributed by atoms with van der Waals surface area (Å²) in [5.41, 5.74) is 0.892. The van der Waals surface area contributed by atoms with Crippen LogP contribution in [0.2, 0.25) is 0 Å². The van der Waals surface area contributed by atoms with Gasteiger partial charge in [-0.3, -0.25) is 9.36 Å². The van der Waals surface area contributed by atoms with Crippen molar-refractivity contribution in [1.29, 1.82) is 0 Å². The first-order valence-corrected chi connectivity index (χ1v) is 12.2. The largest absolute Gasteiger partial charge is 0.495 e. The summed E-state index contributed by atoms with van der Waals surface area (Å²) >= 11 is 1.42. The highest BCUT2D eigenvalue weighted by Gasteiger charge is 2.24. The van der Waals surface area contributed by atoms with E-state index in [-0.39, 0.29) is 11.9 Å². The second kappa shape index (κ2) is 11.4. The van der Waals surface area contributed by atoms with Crippen molar-refractivity contribution in [2.75, 3.05) is 30.9 Å². The van der Waals surface area contributed by atoms with E-state index in [1.165, 1.54) is 18.2 Å². The molecular weight excluding hydrogens is 410 g/mol. The van der Waals surface area contributed by atoms with Gasteiger partial charge in [0, 0.05) is 19.1 Å². The number of methoxy groups -OCH3 is 1. The number of hydrogen-bond donors (Lipinski definition) is 1. The van der Waals surface area contributed by atoms with E-state index in [1.54, 1.807) is 7.11 Å². The summed E-state index contributed by atoms with van der Waals surface area (Å²) in [5, 5.41) is 12.8. The molecule has 1 aromatic carbocycles. The minimum atomic E-state index is 0.0235. The van der Waals surface area contributed by atoms with Crippen LogP contribution >= 0.6 is 11.8 Å². The maximum atomic E-state index is 12.5. The Morgan fingerprint density at radius 2 is 1.87 bits per heavy atom. The van der Waals surface area contributed by atoms with Crippen LogP contribution in [0.4, 0.5) is 5.95 Å². The molecule has 1 unspecified atom stereocenters. The number of para-hydroxylation sites is 2. The molecule has 1 aliphatic heterocycles. The number of piperidine rings is 1. The van der Waals surface area contributed by atoms with Gasteiger partial charge in [0.25, 0.3) is 0 Å². The summed E-state index contributed by atoms with van der Waals surface area (Å²) in [6, 6.07) is 8.05. The fraction of sp³-hybridized carbons (Fsp3) is 0.609. The molecule has 0 radical (unpaired) electrons. The molecule has 1 aliphatic rings. The molecule has 0 bridgehead atoms. The number of rotatable bonds is 10. The Hall–Kier alpha value is -2.22. The lowest BCUT2D eigenvalue weighted by Crippen LogP contribution is -2.34. The van der Waals surface area contributed by atoms with Crippen LogP contribution in [0.3, 0.4) is 0 Å². The second-order valence-electron chi connectivity index (χ2n) is 8.57. The molecule has 1 amide bonds. The van der Waals surface area contributed by atoms with Gasteiger partial charge in [-0.1, -0.05) is 37.7 Å². The van der Waals surface area contributed by atoms with Crippen LogP contribution in [-0.2, 0) is 4.79 Å². The zero-order chi connectivity index (χ0) is 22.2. The van der Waals surface area contributed by atoms with Crippen molar-refractivity contribution in [3.05, 3.63) is 24.3 Å². The van der Waals surface area contributed by atoms with Gasteiger partial charge in [0.15, 0.2) is 5.16 Å². The summed E-state index contributed by atoms with van der Waals surface area (Å²) in [5.74, 6) is 2.54. The predicted molar refractivity (Wildman–Crippen MR) is 126 cm³/mol. The Morgan fingerprint density at radius 1 is 1.13 bits per heavy atom. The molecule has 3 rings (SSSR count). The molecule has 0 saturated carbocycles. The van der Waals surface area contributed by atoms with E-state index >= 15 is 0 Å². The highest BCUT2D eigenvalue weighted by Crippen LogP contribution is 2.32. The number of aromatic nitrogens is 3. The summed E-state index contributed by atoms with van der Waals surface area (Å²) in [7, 11) is 1.67. The average Bonchev–Trinajstić information content (AvgIpc) is 3.20. The highest BCUT2D eigenvalue weighted by atomic mass is 32.2. The molecule has 8 heteroatoms.